The van der Waals surface area contributed by atoms with Crippen LogP contribution in [-0.2, 0) is 6.42 Å². The van der Waals surface area contributed by atoms with E-state index in [2.05, 4.69) is 17.2 Å². The summed E-state index contributed by atoms with van der Waals surface area (Å²) in [6.45, 7) is 4.14. The summed E-state index contributed by atoms with van der Waals surface area (Å²) < 4.78 is 0. The van der Waals surface area contributed by atoms with Gasteiger partial charge < -0.3 is 10.3 Å². The van der Waals surface area contributed by atoms with Crippen LogP contribution < -0.4 is 10.9 Å². The molecule has 3 heteroatoms. The van der Waals surface area contributed by atoms with Crippen molar-refractivity contribution in [3.8, 4) is 0 Å². The number of aromatic nitrogens is 1. The molecule has 2 N–H and O–H groups in total. The first-order valence-corrected chi connectivity index (χ1v) is 5.24. The normalized spacial score (nSPS) is 21.4. The Hall–Kier alpha value is -1.09. The van der Waals surface area contributed by atoms with Crippen molar-refractivity contribution in [2.24, 2.45) is 0 Å². The Bertz CT molecular complexity index is 370. The second-order valence-electron chi connectivity index (χ2n) is 3.82. The van der Waals surface area contributed by atoms with Crippen LogP contribution in [0.15, 0.2) is 16.9 Å². The molecule has 1 aliphatic rings. The number of nitrogens with one attached hydrogen (secondary N) is 2. The number of hydrogen-bond acceptors (Lipinski definition) is 2. The Kier molecular flexibility index (Phi) is 2.68. The van der Waals surface area contributed by atoms with Crippen molar-refractivity contribution in [2.75, 3.05) is 13.1 Å². The fourth-order valence-corrected chi connectivity index (χ4v) is 2.05. The largest absolute Gasteiger partial charge is 0.326 e. The van der Waals surface area contributed by atoms with Crippen molar-refractivity contribution in [1.29, 1.82) is 0 Å². The highest BCUT2D eigenvalue weighted by molar-refractivity contribution is 5.25. The zero-order valence-electron chi connectivity index (χ0n) is 8.47. The number of rotatable bonds is 1. The zero-order valence-corrected chi connectivity index (χ0v) is 8.47. The zero-order chi connectivity index (χ0) is 9.97. The second-order valence-corrected chi connectivity index (χ2v) is 3.82. The molecular weight excluding hydrogens is 176 g/mol. The first-order valence-electron chi connectivity index (χ1n) is 5.24. The fourth-order valence-electron chi connectivity index (χ4n) is 2.05. The number of H-pyrrole nitrogens is 1. The van der Waals surface area contributed by atoms with Crippen LogP contribution in [0.4, 0.5) is 0 Å². The number of hydrogen-bond donors (Lipinski definition) is 2. The lowest BCUT2D eigenvalue weighted by molar-refractivity contribution is 0.584. The summed E-state index contributed by atoms with van der Waals surface area (Å²) in [5.74, 6) is 0.460. The van der Waals surface area contributed by atoms with Gasteiger partial charge >= 0.3 is 0 Å². The van der Waals surface area contributed by atoms with Crippen LogP contribution in [-0.4, -0.2) is 18.1 Å². The third-order valence-corrected chi connectivity index (χ3v) is 2.90. The highest BCUT2D eigenvalue weighted by atomic mass is 16.1. The first-order chi connectivity index (χ1) is 6.81. The van der Waals surface area contributed by atoms with Crippen molar-refractivity contribution >= 4 is 0 Å². The molecule has 76 valence electrons. The highest BCUT2D eigenvalue weighted by Crippen LogP contribution is 2.21. The van der Waals surface area contributed by atoms with E-state index in [0.29, 0.717) is 5.92 Å². The van der Waals surface area contributed by atoms with Gasteiger partial charge in [-0.25, -0.2) is 0 Å². The summed E-state index contributed by atoms with van der Waals surface area (Å²) in [5, 5.41) is 3.39. The minimum Gasteiger partial charge on any atom is -0.326 e. The molecule has 1 unspecified atom stereocenters. The molecule has 0 fully saturated rings. The van der Waals surface area contributed by atoms with Gasteiger partial charge in [-0.2, -0.15) is 0 Å². The predicted molar refractivity (Wildman–Crippen MR) is 56.7 cm³/mol. The summed E-state index contributed by atoms with van der Waals surface area (Å²) >= 11 is 0. The maximum atomic E-state index is 11.2. The van der Waals surface area contributed by atoms with Gasteiger partial charge in [-0.1, -0.05) is 13.0 Å². The van der Waals surface area contributed by atoms with E-state index in [0.717, 1.165) is 31.6 Å². The fraction of sp³-hybridized carbons (Fsp3) is 0.545. The van der Waals surface area contributed by atoms with Crippen LogP contribution in [0.3, 0.4) is 0 Å². The SMILES string of the molecule is CCC1CNCCc2ccc(=O)[nH]c21. The van der Waals surface area contributed by atoms with E-state index >= 15 is 0 Å². The summed E-state index contributed by atoms with van der Waals surface area (Å²) in [5.41, 5.74) is 2.45. The monoisotopic (exact) mass is 192 g/mol. The first kappa shape index (κ1) is 9.46. The Balaban J connectivity index is 2.45. The smallest absolute Gasteiger partial charge is 0.248 e. The summed E-state index contributed by atoms with van der Waals surface area (Å²) in [6, 6.07) is 3.58. The Labute approximate surface area is 83.5 Å². The molecule has 0 saturated carbocycles. The Morgan fingerprint density at radius 3 is 3.14 bits per heavy atom. The second kappa shape index (κ2) is 3.96. The lowest BCUT2D eigenvalue weighted by atomic mass is 9.98. The summed E-state index contributed by atoms with van der Waals surface area (Å²) in [6.07, 6.45) is 2.09. The molecule has 2 heterocycles. The quantitative estimate of drug-likeness (QED) is 0.697. The molecule has 0 saturated heterocycles. The van der Waals surface area contributed by atoms with Gasteiger partial charge in [0.2, 0.25) is 5.56 Å². The van der Waals surface area contributed by atoms with Gasteiger partial charge in [0.15, 0.2) is 0 Å². The summed E-state index contributed by atoms with van der Waals surface area (Å²) in [4.78, 5) is 14.2. The molecule has 1 atom stereocenters. The van der Waals surface area contributed by atoms with Gasteiger partial charge in [0.05, 0.1) is 0 Å². The molecule has 1 aromatic rings. The summed E-state index contributed by atoms with van der Waals surface area (Å²) in [7, 11) is 0. The standard InChI is InChI=1S/C11H16N2O/c1-2-8-7-12-6-5-9-3-4-10(14)13-11(8)9/h3-4,8,12H,2,5-7H2,1H3,(H,13,14). The lowest BCUT2D eigenvalue weighted by Gasteiger charge is -2.14. The van der Waals surface area contributed by atoms with Crippen LogP contribution >= 0.6 is 0 Å². The minimum absolute atomic E-state index is 0.0177. The van der Waals surface area contributed by atoms with Crippen LogP contribution in [0.25, 0.3) is 0 Å². The van der Waals surface area contributed by atoms with Gasteiger partial charge in [-0.15, -0.1) is 0 Å². The van der Waals surface area contributed by atoms with Gasteiger partial charge in [0.25, 0.3) is 0 Å². The number of pyridine rings is 1. The van der Waals surface area contributed by atoms with Crippen molar-refractivity contribution in [3.05, 3.63) is 33.7 Å². The van der Waals surface area contributed by atoms with E-state index in [4.69, 9.17) is 0 Å². The predicted octanol–water partition coefficient (Wildman–Crippen LogP) is 1.01. The molecule has 14 heavy (non-hydrogen) atoms. The minimum atomic E-state index is 0.0177. The van der Waals surface area contributed by atoms with Crippen molar-refractivity contribution in [2.45, 2.75) is 25.7 Å². The van der Waals surface area contributed by atoms with Gasteiger partial charge in [-0.05, 0) is 24.9 Å². The van der Waals surface area contributed by atoms with E-state index in [1.807, 2.05) is 6.07 Å². The third-order valence-electron chi connectivity index (χ3n) is 2.90. The van der Waals surface area contributed by atoms with E-state index in [1.54, 1.807) is 6.07 Å². The highest BCUT2D eigenvalue weighted by Gasteiger charge is 2.17. The van der Waals surface area contributed by atoms with E-state index in [-0.39, 0.29) is 5.56 Å². The molecule has 3 nitrogen and oxygen atoms in total. The van der Waals surface area contributed by atoms with Crippen LogP contribution in [0.5, 0.6) is 0 Å². The number of fused-ring (bicyclic) bond motifs is 1. The average Bonchev–Trinajstić information content (AvgIpc) is 2.39. The molecule has 0 spiro atoms. The Morgan fingerprint density at radius 1 is 1.50 bits per heavy atom. The molecule has 0 radical (unpaired) electrons. The van der Waals surface area contributed by atoms with Crippen LogP contribution in [0, 0.1) is 0 Å². The van der Waals surface area contributed by atoms with Crippen LogP contribution in [0.1, 0.15) is 30.5 Å². The maximum absolute atomic E-state index is 11.2. The van der Waals surface area contributed by atoms with Crippen LogP contribution in [0.2, 0.25) is 0 Å². The maximum Gasteiger partial charge on any atom is 0.248 e. The van der Waals surface area contributed by atoms with Crippen molar-refractivity contribution in [3.63, 3.8) is 0 Å². The van der Waals surface area contributed by atoms with Gasteiger partial charge in [-0.3, -0.25) is 4.79 Å². The average molecular weight is 192 g/mol. The van der Waals surface area contributed by atoms with Gasteiger partial charge in [0, 0.05) is 24.2 Å². The molecular formula is C11H16N2O. The molecule has 0 aliphatic carbocycles. The molecule has 1 aromatic heterocycles. The lowest BCUT2D eigenvalue weighted by Crippen LogP contribution is -2.20. The topological polar surface area (TPSA) is 44.9 Å². The molecule has 2 rings (SSSR count). The number of aromatic amines is 1. The van der Waals surface area contributed by atoms with Crippen molar-refractivity contribution in [1.82, 2.24) is 10.3 Å². The third kappa shape index (κ3) is 1.73. The molecule has 0 amide bonds. The Morgan fingerprint density at radius 2 is 2.36 bits per heavy atom. The molecule has 0 aromatic carbocycles. The van der Waals surface area contributed by atoms with Crippen molar-refractivity contribution < 1.29 is 0 Å². The van der Waals surface area contributed by atoms with E-state index in [9.17, 15) is 4.79 Å². The van der Waals surface area contributed by atoms with E-state index < -0.39 is 0 Å². The van der Waals surface area contributed by atoms with E-state index in [1.165, 1.54) is 5.56 Å². The van der Waals surface area contributed by atoms with Gasteiger partial charge in [0.1, 0.15) is 0 Å². The molecule has 1 aliphatic heterocycles. The molecule has 0 bridgehead atoms.